The molecule has 2 rings (SSSR count). The normalized spacial score (nSPS) is 17.9. The molecule has 0 aliphatic carbocycles. The van der Waals surface area contributed by atoms with E-state index in [4.69, 9.17) is 4.74 Å². The van der Waals surface area contributed by atoms with Crippen LogP contribution in [0.25, 0.3) is 0 Å². The maximum Gasteiger partial charge on any atom is 0.410 e. The number of ether oxygens (including phenoxy) is 1. The maximum atomic E-state index is 12.5. The first-order chi connectivity index (χ1) is 10.8. The maximum absolute atomic E-state index is 12.5. The molecule has 1 heterocycles. The summed E-state index contributed by atoms with van der Waals surface area (Å²) in [6.07, 6.45) is 3.03. The highest BCUT2D eigenvalue weighted by Gasteiger charge is 2.36. The first-order valence-corrected chi connectivity index (χ1v) is 8.97. The highest BCUT2D eigenvalue weighted by atomic mass is 32.2. The number of hydrogen-bond donors (Lipinski definition) is 1. The molecule has 1 fully saturated rings. The molecule has 6 heteroatoms. The molecule has 0 aromatic heterocycles. The molecule has 0 saturated carbocycles. The minimum atomic E-state index is -0.562. The van der Waals surface area contributed by atoms with E-state index in [1.165, 1.54) is 4.90 Å². The molecule has 1 aromatic carbocycles. The van der Waals surface area contributed by atoms with Gasteiger partial charge in [-0.2, -0.15) is 0 Å². The monoisotopic (exact) mass is 336 g/mol. The van der Waals surface area contributed by atoms with Crippen LogP contribution >= 0.6 is 11.8 Å². The first kappa shape index (κ1) is 17.7. The highest BCUT2D eigenvalue weighted by molar-refractivity contribution is 7.98. The zero-order chi connectivity index (χ0) is 17.0. The Balaban J connectivity index is 2.04. The minimum absolute atomic E-state index is 0.161. The predicted molar refractivity (Wildman–Crippen MR) is 92.8 cm³/mol. The molecule has 0 spiro atoms. The molecular formula is C17H24N2O3S. The number of likely N-dealkylation sites (tertiary alicyclic amines) is 1. The van der Waals surface area contributed by atoms with Gasteiger partial charge >= 0.3 is 6.09 Å². The molecule has 1 N–H and O–H groups in total. The van der Waals surface area contributed by atoms with Crippen molar-refractivity contribution in [3.8, 4) is 0 Å². The van der Waals surface area contributed by atoms with Gasteiger partial charge in [0.2, 0.25) is 5.91 Å². The number of rotatable bonds is 3. The number of nitrogens with zero attached hydrogens (tertiary/aromatic N) is 1. The Bertz CT molecular complexity index is 583. The Hall–Kier alpha value is -1.69. The van der Waals surface area contributed by atoms with Gasteiger partial charge in [0.05, 0.1) is 0 Å². The molecule has 1 aromatic rings. The van der Waals surface area contributed by atoms with Crippen molar-refractivity contribution < 1.29 is 14.3 Å². The van der Waals surface area contributed by atoms with Crippen molar-refractivity contribution in [3.63, 3.8) is 0 Å². The SMILES string of the molecule is CSc1cccc(NC(=O)[C@@H]2CCCN2C(=O)OC(C)(C)C)c1. The summed E-state index contributed by atoms with van der Waals surface area (Å²) in [5.74, 6) is -0.161. The molecule has 0 radical (unpaired) electrons. The fourth-order valence-corrected chi connectivity index (χ4v) is 2.96. The van der Waals surface area contributed by atoms with Crippen LogP contribution in [0.5, 0.6) is 0 Å². The topological polar surface area (TPSA) is 58.6 Å². The lowest BCUT2D eigenvalue weighted by atomic mass is 10.2. The summed E-state index contributed by atoms with van der Waals surface area (Å²) in [5, 5.41) is 2.90. The third-order valence-corrected chi connectivity index (χ3v) is 4.25. The van der Waals surface area contributed by atoms with Crippen molar-refractivity contribution in [1.82, 2.24) is 4.90 Å². The number of benzene rings is 1. The predicted octanol–water partition coefficient (Wildman–Crippen LogP) is 3.75. The van der Waals surface area contributed by atoms with Crippen LogP contribution < -0.4 is 5.32 Å². The van der Waals surface area contributed by atoms with Crippen molar-refractivity contribution in [1.29, 1.82) is 0 Å². The van der Waals surface area contributed by atoms with Crippen LogP contribution in [-0.2, 0) is 9.53 Å². The molecule has 0 unspecified atom stereocenters. The van der Waals surface area contributed by atoms with Crippen LogP contribution in [0.1, 0.15) is 33.6 Å². The minimum Gasteiger partial charge on any atom is -0.444 e. The fourth-order valence-electron chi connectivity index (χ4n) is 2.50. The first-order valence-electron chi connectivity index (χ1n) is 7.75. The van der Waals surface area contributed by atoms with Crippen LogP contribution in [0.3, 0.4) is 0 Å². The van der Waals surface area contributed by atoms with Crippen LogP contribution in [-0.4, -0.2) is 41.3 Å². The molecule has 23 heavy (non-hydrogen) atoms. The Morgan fingerprint density at radius 3 is 2.74 bits per heavy atom. The lowest BCUT2D eigenvalue weighted by Gasteiger charge is -2.28. The van der Waals surface area contributed by atoms with E-state index < -0.39 is 17.7 Å². The second kappa shape index (κ2) is 7.25. The van der Waals surface area contributed by atoms with Gasteiger partial charge in [0.1, 0.15) is 11.6 Å². The molecule has 0 bridgehead atoms. The van der Waals surface area contributed by atoms with E-state index in [0.29, 0.717) is 13.0 Å². The van der Waals surface area contributed by atoms with Crippen LogP contribution in [0, 0.1) is 0 Å². The molecular weight excluding hydrogens is 312 g/mol. The van der Waals surface area contributed by atoms with E-state index in [0.717, 1.165) is 17.0 Å². The third-order valence-electron chi connectivity index (χ3n) is 3.52. The highest BCUT2D eigenvalue weighted by Crippen LogP contribution is 2.23. The number of amides is 2. The summed E-state index contributed by atoms with van der Waals surface area (Å²) in [6, 6.07) is 7.20. The van der Waals surface area contributed by atoms with E-state index >= 15 is 0 Å². The number of carbonyl (C=O) groups excluding carboxylic acids is 2. The summed E-state index contributed by atoms with van der Waals surface area (Å²) in [6.45, 7) is 6.02. The van der Waals surface area contributed by atoms with Gasteiger partial charge in [0, 0.05) is 17.1 Å². The Morgan fingerprint density at radius 1 is 1.35 bits per heavy atom. The number of anilines is 1. The van der Waals surface area contributed by atoms with Crippen LogP contribution in [0.4, 0.5) is 10.5 Å². The van der Waals surface area contributed by atoms with Crippen molar-refractivity contribution in [2.24, 2.45) is 0 Å². The molecule has 1 aliphatic rings. The molecule has 1 aliphatic heterocycles. The van der Waals surface area contributed by atoms with Crippen molar-refractivity contribution in [2.75, 3.05) is 18.1 Å². The van der Waals surface area contributed by atoms with E-state index in [9.17, 15) is 9.59 Å². The zero-order valence-electron chi connectivity index (χ0n) is 14.1. The molecule has 2 amide bonds. The standard InChI is InChI=1S/C17H24N2O3S/c1-17(2,3)22-16(21)19-10-6-9-14(19)15(20)18-12-7-5-8-13(11-12)23-4/h5,7-8,11,14H,6,9-10H2,1-4H3,(H,18,20)/t14-/m0/s1. The Labute approximate surface area is 141 Å². The van der Waals surface area contributed by atoms with Gasteiger partial charge in [-0.15, -0.1) is 11.8 Å². The van der Waals surface area contributed by atoms with Gasteiger partial charge < -0.3 is 10.1 Å². The summed E-state index contributed by atoms with van der Waals surface area (Å²) < 4.78 is 5.39. The van der Waals surface area contributed by atoms with Crippen LogP contribution in [0.2, 0.25) is 0 Å². The van der Waals surface area contributed by atoms with Crippen molar-refractivity contribution >= 4 is 29.4 Å². The van der Waals surface area contributed by atoms with Gasteiger partial charge in [-0.05, 0) is 58.1 Å². The van der Waals surface area contributed by atoms with Gasteiger partial charge in [-0.25, -0.2) is 4.79 Å². The largest absolute Gasteiger partial charge is 0.444 e. The quantitative estimate of drug-likeness (QED) is 0.854. The smallest absolute Gasteiger partial charge is 0.410 e. The average Bonchev–Trinajstić information content (AvgIpc) is 2.95. The van der Waals surface area contributed by atoms with Crippen LogP contribution in [0.15, 0.2) is 29.2 Å². The zero-order valence-corrected chi connectivity index (χ0v) is 14.9. The van der Waals surface area contributed by atoms with Crippen molar-refractivity contribution in [3.05, 3.63) is 24.3 Å². The lowest BCUT2D eigenvalue weighted by Crippen LogP contribution is -2.45. The van der Waals surface area contributed by atoms with E-state index in [1.807, 2.05) is 51.3 Å². The number of hydrogen-bond acceptors (Lipinski definition) is 4. The average molecular weight is 336 g/mol. The molecule has 1 saturated heterocycles. The second-order valence-corrected chi connectivity index (χ2v) is 7.43. The third kappa shape index (κ3) is 4.89. The second-order valence-electron chi connectivity index (χ2n) is 6.55. The number of nitrogens with one attached hydrogen (secondary N) is 1. The molecule has 5 nitrogen and oxygen atoms in total. The summed E-state index contributed by atoms with van der Waals surface area (Å²) >= 11 is 1.62. The van der Waals surface area contributed by atoms with E-state index in [2.05, 4.69) is 5.32 Å². The fraction of sp³-hybridized carbons (Fsp3) is 0.529. The number of carbonyl (C=O) groups is 2. The van der Waals surface area contributed by atoms with E-state index in [1.54, 1.807) is 11.8 Å². The van der Waals surface area contributed by atoms with E-state index in [-0.39, 0.29) is 5.91 Å². The van der Waals surface area contributed by atoms with Crippen molar-refractivity contribution in [2.45, 2.75) is 50.2 Å². The van der Waals surface area contributed by atoms with Gasteiger partial charge in [0.15, 0.2) is 0 Å². The summed E-state index contributed by atoms with van der Waals surface area (Å²) in [5.41, 5.74) is 0.186. The number of thioether (sulfide) groups is 1. The molecule has 126 valence electrons. The molecule has 1 atom stereocenters. The Morgan fingerprint density at radius 2 is 2.09 bits per heavy atom. The van der Waals surface area contributed by atoms with Gasteiger partial charge in [-0.1, -0.05) is 6.07 Å². The van der Waals surface area contributed by atoms with Gasteiger partial charge in [0.25, 0.3) is 0 Å². The summed E-state index contributed by atoms with van der Waals surface area (Å²) in [7, 11) is 0. The Kier molecular flexibility index (Phi) is 5.57. The lowest BCUT2D eigenvalue weighted by molar-refractivity contribution is -0.120. The van der Waals surface area contributed by atoms with Gasteiger partial charge in [-0.3, -0.25) is 9.69 Å². The summed E-state index contributed by atoms with van der Waals surface area (Å²) in [4.78, 5) is 27.4.